The third kappa shape index (κ3) is 3.37. The van der Waals surface area contributed by atoms with Gasteiger partial charge in [0.15, 0.2) is 5.60 Å². The maximum Gasteiger partial charge on any atom is 0.341 e. The van der Waals surface area contributed by atoms with Gasteiger partial charge >= 0.3 is 23.9 Å². The molecule has 3 saturated heterocycles. The van der Waals surface area contributed by atoms with E-state index in [0.717, 1.165) is 0 Å². The molecule has 7 fully saturated rings. The van der Waals surface area contributed by atoms with Gasteiger partial charge < -0.3 is 49.5 Å². The van der Waals surface area contributed by atoms with Crippen molar-refractivity contribution in [3.8, 4) is 0 Å². The van der Waals surface area contributed by atoms with Crippen LogP contribution in [-0.4, -0.2) is 99.4 Å². The predicted octanol–water partition coefficient (Wildman–Crippen LogP) is 0.646. The number of aliphatic hydroxyl groups excluding tert-OH is 2. The largest absolute Gasteiger partial charge is 0.511 e. The molecule has 3 aliphatic heterocycles. The number of fused-ring (bicyclic) bond motifs is 9. The van der Waals surface area contributed by atoms with Crippen molar-refractivity contribution in [1.29, 1.82) is 0 Å². The molecule has 4 saturated carbocycles. The molecule has 8 aliphatic rings. The van der Waals surface area contributed by atoms with E-state index in [9.17, 15) is 34.5 Å². The van der Waals surface area contributed by atoms with Gasteiger partial charge in [0.2, 0.25) is 5.79 Å². The van der Waals surface area contributed by atoms with Crippen molar-refractivity contribution in [3.63, 3.8) is 0 Å². The second-order valence-electron chi connectivity index (χ2n) is 16.4. The average Bonchev–Trinajstić information content (AvgIpc) is 3.88. The van der Waals surface area contributed by atoms with E-state index >= 15 is 0 Å². The van der Waals surface area contributed by atoms with Gasteiger partial charge in [0.05, 0.1) is 23.7 Å². The minimum Gasteiger partial charge on any atom is -0.511 e. The maximum absolute atomic E-state index is 13.4. The zero-order valence-corrected chi connectivity index (χ0v) is 28.3. The first-order valence-corrected chi connectivity index (χ1v) is 16.9. The number of ether oxygens (including phenoxy) is 6. The molecular formula is C34H45NO13. The van der Waals surface area contributed by atoms with Crippen LogP contribution >= 0.6 is 0 Å². The second kappa shape index (κ2) is 9.30. The van der Waals surface area contributed by atoms with Gasteiger partial charge in [0, 0.05) is 49.4 Å². The molecule has 0 aromatic carbocycles. The van der Waals surface area contributed by atoms with Crippen molar-refractivity contribution in [2.45, 2.75) is 122 Å². The molecule has 1 unspecified atom stereocenters. The van der Waals surface area contributed by atoms with E-state index in [1.165, 1.54) is 27.7 Å². The Balaban J connectivity index is 1.44. The molecule has 5 N–H and O–H groups in total. The highest BCUT2D eigenvalue weighted by Gasteiger charge is 2.93. The van der Waals surface area contributed by atoms with Gasteiger partial charge in [-0.2, -0.15) is 0 Å². The standard InChI is InChI=1S/C34H45NO13/c1-10-17-20(32(7)33(8,42)29(41)48-34(32)27(10)47-34)24(43-11(2)36)18-16-19(25(44-12(3)37)28(31(17,18)6)45-13(4)38)30(5)14(21(35)22(16)39)9-15-23(46-15)26(30)40/h10,14-15,17-21,23-28,39-40,42H,9,35H2,1-8H3/t10-,14+,15-,17-,18+,19?,20-,21+,23-,24+,25-,26-,27+,28-,30-,31+,32-,33+,34-/m0/s1. The van der Waals surface area contributed by atoms with E-state index in [1.807, 2.05) is 20.8 Å². The molecule has 19 atom stereocenters. The molecule has 264 valence electrons. The topological polar surface area (TPSA) is 217 Å². The summed E-state index contributed by atoms with van der Waals surface area (Å²) < 4.78 is 36.6. The van der Waals surface area contributed by atoms with E-state index in [2.05, 4.69) is 0 Å². The average molecular weight is 676 g/mol. The van der Waals surface area contributed by atoms with Gasteiger partial charge in [-0.15, -0.1) is 0 Å². The zero-order chi connectivity index (χ0) is 35.0. The molecule has 0 aromatic rings. The Bertz CT molecular complexity index is 1580. The van der Waals surface area contributed by atoms with Crippen molar-refractivity contribution in [2.75, 3.05) is 0 Å². The number of nitrogens with two attached hydrogens (primary N) is 1. The molecule has 48 heavy (non-hydrogen) atoms. The quantitative estimate of drug-likeness (QED) is 0.184. The molecule has 0 amide bonds. The molecule has 0 bridgehead atoms. The van der Waals surface area contributed by atoms with E-state index in [1.54, 1.807) is 6.92 Å². The number of hydrogen-bond donors (Lipinski definition) is 4. The third-order valence-electron chi connectivity index (χ3n) is 14.5. The first-order valence-electron chi connectivity index (χ1n) is 16.9. The number of carbonyl (C=O) groups is 4. The van der Waals surface area contributed by atoms with Crippen LogP contribution in [0.15, 0.2) is 11.3 Å². The number of esters is 4. The van der Waals surface area contributed by atoms with Crippen molar-refractivity contribution < 1.29 is 62.9 Å². The van der Waals surface area contributed by atoms with Crippen molar-refractivity contribution in [2.24, 2.45) is 57.5 Å². The molecule has 14 heteroatoms. The molecule has 5 aliphatic carbocycles. The first kappa shape index (κ1) is 32.4. The minimum absolute atomic E-state index is 0.182. The zero-order valence-electron chi connectivity index (χ0n) is 28.3. The Morgan fingerprint density at radius 1 is 0.917 bits per heavy atom. The molecule has 3 heterocycles. The van der Waals surface area contributed by atoms with Crippen molar-refractivity contribution >= 4 is 23.9 Å². The van der Waals surface area contributed by atoms with Gasteiger partial charge in [0.25, 0.3) is 0 Å². The summed E-state index contributed by atoms with van der Waals surface area (Å²) in [5.74, 6) is -8.92. The van der Waals surface area contributed by atoms with Crippen molar-refractivity contribution in [1.82, 2.24) is 0 Å². The number of epoxide rings is 2. The van der Waals surface area contributed by atoms with Crippen LogP contribution in [0.2, 0.25) is 0 Å². The normalized spacial score (nSPS) is 58.1. The minimum atomic E-state index is -2.10. The summed E-state index contributed by atoms with van der Waals surface area (Å²) >= 11 is 0. The van der Waals surface area contributed by atoms with Crippen LogP contribution in [0.5, 0.6) is 0 Å². The van der Waals surface area contributed by atoms with Crippen LogP contribution in [0, 0.1) is 51.8 Å². The molecule has 14 nitrogen and oxygen atoms in total. The Kier molecular flexibility index (Phi) is 6.29. The molecule has 0 aromatic heterocycles. The fourth-order valence-electron chi connectivity index (χ4n) is 12.5. The number of aliphatic hydroxyl groups is 3. The molecule has 1 spiro atoms. The maximum atomic E-state index is 13.4. The molecule has 8 rings (SSSR count). The number of carbonyl (C=O) groups excluding carboxylic acids is 4. The van der Waals surface area contributed by atoms with Crippen LogP contribution < -0.4 is 5.73 Å². The highest BCUT2D eigenvalue weighted by atomic mass is 16.8. The third-order valence-corrected chi connectivity index (χ3v) is 14.5. The summed E-state index contributed by atoms with van der Waals surface area (Å²) in [5.41, 5.74) is 1.18. The predicted molar refractivity (Wildman–Crippen MR) is 159 cm³/mol. The smallest absolute Gasteiger partial charge is 0.341 e. The van der Waals surface area contributed by atoms with Crippen LogP contribution in [0.4, 0.5) is 0 Å². The summed E-state index contributed by atoms with van der Waals surface area (Å²) in [7, 11) is 0. The van der Waals surface area contributed by atoms with Gasteiger partial charge in [0.1, 0.15) is 36.3 Å². The Morgan fingerprint density at radius 2 is 1.50 bits per heavy atom. The van der Waals surface area contributed by atoms with Crippen LogP contribution in [-0.2, 0) is 47.6 Å². The van der Waals surface area contributed by atoms with E-state index < -0.39 is 130 Å². The Hall–Kier alpha value is -2.78. The van der Waals surface area contributed by atoms with E-state index in [-0.39, 0.29) is 11.9 Å². The lowest BCUT2D eigenvalue weighted by Gasteiger charge is -2.63. The summed E-state index contributed by atoms with van der Waals surface area (Å²) in [6.45, 7) is 12.4. The lowest BCUT2D eigenvalue weighted by molar-refractivity contribution is -0.225. The monoisotopic (exact) mass is 675 g/mol. The van der Waals surface area contributed by atoms with Crippen LogP contribution in [0.1, 0.15) is 61.8 Å². The fraction of sp³-hybridized carbons (Fsp3) is 0.824. The van der Waals surface area contributed by atoms with Crippen LogP contribution in [0.25, 0.3) is 0 Å². The summed E-state index contributed by atoms with van der Waals surface area (Å²) in [6, 6.07) is -0.968. The van der Waals surface area contributed by atoms with Gasteiger partial charge in [-0.05, 0) is 43.6 Å². The number of hydrogen-bond acceptors (Lipinski definition) is 14. The van der Waals surface area contributed by atoms with E-state index in [0.29, 0.717) is 12.0 Å². The number of rotatable bonds is 3. The van der Waals surface area contributed by atoms with Crippen LogP contribution in [0.3, 0.4) is 0 Å². The Morgan fingerprint density at radius 3 is 2.10 bits per heavy atom. The van der Waals surface area contributed by atoms with Gasteiger partial charge in [-0.1, -0.05) is 20.8 Å². The van der Waals surface area contributed by atoms with E-state index in [4.69, 9.17) is 34.2 Å². The second-order valence-corrected chi connectivity index (χ2v) is 16.4. The molecule has 0 radical (unpaired) electrons. The lowest BCUT2D eigenvalue weighted by atomic mass is 9.43. The van der Waals surface area contributed by atoms with Gasteiger partial charge in [-0.3, -0.25) is 14.4 Å². The molecular weight excluding hydrogens is 630 g/mol. The van der Waals surface area contributed by atoms with Crippen molar-refractivity contribution in [3.05, 3.63) is 11.3 Å². The van der Waals surface area contributed by atoms with Gasteiger partial charge in [-0.25, -0.2) is 4.79 Å². The summed E-state index contributed by atoms with van der Waals surface area (Å²) in [6.07, 6.45) is -5.65. The summed E-state index contributed by atoms with van der Waals surface area (Å²) in [5, 5.41) is 36.3. The SMILES string of the molecule is CC(=O)O[C@H]1[C@@H]2[C@H]([C@H](C)[C@H]3O[C@]34OC(=O)[C@@](C)(O)[C@]24C)[C@]2(C)[C@@H]1C1=C(O)[C@H](N)[C@H]3C[C@@H]4O[C@@H]4[C@H](O)[C@]3(C)C1[C@H](OC(C)=O)[C@@H]2OC(C)=O. The summed E-state index contributed by atoms with van der Waals surface area (Å²) in [4.78, 5) is 52.5. The first-order chi connectivity index (χ1) is 22.2. The lowest BCUT2D eigenvalue weighted by Crippen LogP contribution is -2.70. The highest BCUT2D eigenvalue weighted by molar-refractivity contribution is 5.84. The fourth-order valence-corrected chi connectivity index (χ4v) is 12.5. The Labute approximate surface area is 277 Å². The highest BCUT2D eigenvalue weighted by Crippen LogP contribution is 2.81.